The van der Waals surface area contributed by atoms with Gasteiger partial charge in [-0.3, -0.25) is 4.98 Å². The van der Waals surface area contributed by atoms with Crippen LogP contribution in [0.2, 0.25) is 0 Å². The highest BCUT2D eigenvalue weighted by atomic mass is 16.5. The van der Waals surface area contributed by atoms with Crippen molar-refractivity contribution in [3.05, 3.63) is 47.3 Å². The molecule has 1 aliphatic rings. The zero-order chi connectivity index (χ0) is 22.0. The molecule has 8 nitrogen and oxygen atoms in total. The molecule has 1 aromatic carbocycles. The van der Waals surface area contributed by atoms with E-state index >= 15 is 0 Å². The van der Waals surface area contributed by atoms with Crippen LogP contribution in [0.25, 0.3) is 10.9 Å². The molecule has 1 fully saturated rings. The highest BCUT2D eigenvalue weighted by Gasteiger charge is 2.24. The number of methoxy groups -OCH3 is 2. The topological polar surface area (TPSA) is 96.2 Å². The van der Waals surface area contributed by atoms with E-state index in [1.807, 2.05) is 32.2 Å². The summed E-state index contributed by atoms with van der Waals surface area (Å²) in [5.74, 6) is 1.21. The molecule has 4 rings (SSSR count). The maximum absolute atomic E-state index is 9.39. The van der Waals surface area contributed by atoms with Crippen LogP contribution < -0.4 is 15.0 Å². The summed E-state index contributed by atoms with van der Waals surface area (Å²) in [7, 11) is 3.33. The zero-order valence-electron chi connectivity index (χ0n) is 18.2. The van der Waals surface area contributed by atoms with E-state index in [2.05, 4.69) is 37.5 Å². The standard InChI is InChI=1S/C23H26N6O2/c1-14(19-7-5-6-16(11-24)22(19)31-4)26-23-20-10-17(29-9-8-18(13-29)30-3)12-25-21(20)15(2)27-28-23/h5-7,10,12,14,18H,8-9,13H2,1-4H3,(H,26,28)/t14-,18+/m1/s1. The van der Waals surface area contributed by atoms with Gasteiger partial charge in [0.1, 0.15) is 11.8 Å². The molecule has 0 saturated carbocycles. The number of aryl methyl sites for hydroxylation is 1. The lowest BCUT2D eigenvalue weighted by Crippen LogP contribution is -2.22. The molecule has 3 aromatic rings. The Bertz CT molecular complexity index is 1140. The Labute approximate surface area is 181 Å². The monoisotopic (exact) mass is 418 g/mol. The van der Waals surface area contributed by atoms with Gasteiger partial charge in [-0.1, -0.05) is 12.1 Å². The first-order valence-electron chi connectivity index (χ1n) is 10.3. The fraction of sp³-hybridized carbons (Fsp3) is 0.391. The third kappa shape index (κ3) is 3.97. The van der Waals surface area contributed by atoms with Crippen molar-refractivity contribution in [2.24, 2.45) is 0 Å². The SMILES string of the molecule is COc1c(C#N)cccc1[C@@H](C)Nc1nnc(C)c2ncc(N3CC[C@H](OC)C3)cc12. The minimum absolute atomic E-state index is 0.156. The average Bonchev–Trinajstić information content (AvgIpc) is 3.29. The summed E-state index contributed by atoms with van der Waals surface area (Å²) in [6.45, 7) is 5.69. The van der Waals surface area contributed by atoms with Crippen LogP contribution in [-0.2, 0) is 4.74 Å². The molecule has 0 bridgehead atoms. The van der Waals surface area contributed by atoms with Crippen molar-refractivity contribution >= 4 is 22.4 Å². The molecular formula is C23H26N6O2. The van der Waals surface area contributed by atoms with E-state index in [0.717, 1.165) is 47.4 Å². The molecule has 0 radical (unpaired) electrons. The van der Waals surface area contributed by atoms with Gasteiger partial charge in [0, 0.05) is 31.1 Å². The lowest BCUT2D eigenvalue weighted by Gasteiger charge is -2.21. The molecule has 0 unspecified atom stereocenters. The molecule has 160 valence electrons. The molecule has 0 spiro atoms. The van der Waals surface area contributed by atoms with Crippen LogP contribution in [0.15, 0.2) is 30.5 Å². The Kier molecular flexibility index (Phi) is 5.87. The number of nitriles is 1. The third-order valence-corrected chi connectivity index (χ3v) is 5.80. The van der Waals surface area contributed by atoms with Crippen LogP contribution in [0.3, 0.4) is 0 Å². The molecule has 2 atom stereocenters. The van der Waals surface area contributed by atoms with Gasteiger partial charge in [-0.25, -0.2) is 0 Å². The molecule has 1 saturated heterocycles. The van der Waals surface area contributed by atoms with Gasteiger partial charge in [-0.2, -0.15) is 10.4 Å². The van der Waals surface area contributed by atoms with Crippen molar-refractivity contribution in [2.45, 2.75) is 32.4 Å². The van der Waals surface area contributed by atoms with E-state index in [1.54, 1.807) is 20.3 Å². The second-order valence-corrected chi connectivity index (χ2v) is 7.72. The van der Waals surface area contributed by atoms with Crippen molar-refractivity contribution in [1.82, 2.24) is 15.2 Å². The van der Waals surface area contributed by atoms with Gasteiger partial charge in [0.05, 0.1) is 47.9 Å². The van der Waals surface area contributed by atoms with E-state index in [9.17, 15) is 5.26 Å². The van der Waals surface area contributed by atoms with Gasteiger partial charge in [0.15, 0.2) is 5.82 Å². The lowest BCUT2D eigenvalue weighted by atomic mass is 10.0. The number of benzene rings is 1. The fourth-order valence-electron chi connectivity index (χ4n) is 4.08. The number of nitrogens with one attached hydrogen (secondary N) is 1. The second-order valence-electron chi connectivity index (χ2n) is 7.72. The maximum atomic E-state index is 9.39. The number of fused-ring (bicyclic) bond motifs is 1. The van der Waals surface area contributed by atoms with Crippen LogP contribution >= 0.6 is 0 Å². The summed E-state index contributed by atoms with van der Waals surface area (Å²) in [4.78, 5) is 6.97. The van der Waals surface area contributed by atoms with Gasteiger partial charge in [-0.05, 0) is 32.4 Å². The van der Waals surface area contributed by atoms with Crippen LogP contribution in [0.1, 0.15) is 36.2 Å². The summed E-state index contributed by atoms with van der Waals surface area (Å²) in [6, 6.07) is 9.68. The van der Waals surface area contributed by atoms with E-state index in [4.69, 9.17) is 9.47 Å². The average molecular weight is 419 g/mol. The first kappa shape index (κ1) is 20.8. The van der Waals surface area contributed by atoms with Crippen LogP contribution in [-0.4, -0.2) is 48.6 Å². The zero-order valence-corrected chi connectivity index (χ0v) is 18.2. The Hall–Kier alpha value is -3.44. The summed E-state index contributed by atoms with van der Waals surface area (Å²) in [5, 5.41) is 22.5. The smallest absolute Gasteiger partial charge is 0.158 e. The van der Waals surface area contributed by atoms with E-state index in [0.29, 0.717) is 17.1 Å². The van der Waals surface area contributed by atoms with Gasteiger partial charge in [0.25, 0.3) is 0 Å². The van der Waals surface area contributed by atoms with Crippen molar-refractivity contribution < 1.29 is 9.47 Å². The number of hydrogen-bond donors (Lipinski definition) is 1. The number of hydrogen-bond acceptors (Lipinski definition) is 8. The highest BCUT2D eigenvalue weighted by molar-refractivity contribution is 5.92. The lowest BCUT2D eigenvalue weighted by molar-refractivity contribution is 0.121. The molecule has 8 heteroatoms. The molecule has 2 aromatic heterocycles. The minimum Gasteiger partial charge on any atom is -0.495 e. The van der Waals surface area contributed by atoms with E-state index < -0.39 is 0 Å². The maximum Gasteiger partial charge on any atom is 0.158 e. The summed E-state index contributed by atoms with van der Waals surface area (Å²) in [5.41, 5.74) is 4.01. The molecule has 3 heterocycles. The largest absolute Gasteiger partial charge is 0.495 e. The first-order valence-corrected chi connectivity index (χ1v) is 10.3. The third-order valence-electron chi connectivity index (χ3n) is 5.80. The fourth-order valence-corrected chi connectivity index (χ4v) is 4.08. The number of anilines is 2. The van der Waals surface area contributed by atoms with Gasteiger partial charge >= 0.3 is 0 Å². The van der Waals surface area contributed by atoms with Gasteiger partial charge in [0.2, 0.25) is 0 Å². The van der Waals surface area contributed by atoms with Crippen LogP contribution in [0.4, 0.5) is 11.5 Å². The quantitative estimate of drug-likeness (QED) is 0.648. The second kappa shape index (κ2) is 8.74. The molecule has 0 amide bonds. The molecular weight excluding hydrogens is 392 g/mol. The van der Waals surface area contributed by atoms with Crippen molar-refractivity contribution in [3.63, 3.8) is 0 Å². The number of para-hydroxylation sites is 1. The molecule has 1 N–H and O–H groups in total. The number of rotatable bonds is 6. The Morgan fingerprint density at radius 3 is 2.84 bits per heavy atom. The van der Waals surface area contributed by atoms with Crippen molar-refractivity contribution in [3.8, 4) is 11.8 Å². The minimum atomic E-state index is -0.156. The summed E-state index contributed by atoms with van der Waals surface area (Å²) < 4.78 is 11.0. The van der Waals surface area contributed by atoms with Crippen molar-refractivity contribution in [1.29, 1.82) is 5.26 Å². The summed E-state index contributed by atoms with van der Waals surface area (Å²) >= 11 is 0. The van der Waals surface area contributed by atoms with Gasteiger partial charge in [-0.15, -0.1) is 5.10 Å². The number of nitrogens with zero attached hydrogens (tertiary/aromatic N) is 5. The van der Waals surface area contributed by atoms with E-state index in [1.165, 1.54) is 0 Å². The molecule has 31 heavy (non-hydrogen) atoms. The molecule has 0 aliphatic carbocycles. The Morgan fingerprint density at radius 1 is 1.29 bits per heavy atom. The predicted octanol–water partition coefficient (Wildman–Crippen LogP) is 3.61. The number of pyridine rings is 1. The normalized spacial score (nSPS) is 16.9. The first-order chi connectivity index (χ1) is 15.0. The Balaban J connectivity index is 1.70. The predicted molar refractivity (Wildman–Crippen MR) is 119 cm³/mol. The van der Waals surface area contributed by atoms with E-state index in [-0.39, 0.29) is 12.1 Å². The summed E-state index contributed by atoms with van der Waals surface area (Å²) in [6.07, 6.45) is 3.13. The Morgan fingerprint density at radius 2 is 2.13 bits per heavy atom. The number of aromatic nitrogens is 3. The number of ether oxygens (including phenoxy) is 2. The van der Waals surface area contributed by atoms with Crippen molar-refractivity contribution in [2.75, 3.05) is 37.5 Å². The molecule has 1 aliphatic heterocycles. The van der Waals surface area contributed by atoms with Crippen LogP contribution in [0.5, 0.6) is 5.75 Å². The highest BCUT2D eigenvalue weighted by Crippen LogP contribution is 2.33. The van der Waals surface area contributed by atoms with Crippen LogP contribution in [0, 0.1) is 18.3 Å². The van der Waals surface area contributed by atoms with Gasteiger partial charge < -0.3 is 19.7 Å².